The van der Waals surface area contributed by atoms with E-state index >= 15 is 0 Å². The molecule has 0 aliphatic carbocycles. The van der Waals surface area contributed by atoms with E-state index in [0.717, 1.165) is 18.4 Å². The number of thiophene rings is 1. The molecule has 0 atom stereocenters. The molecule has 0 aliphatic rings. The molecule has 0 radical (unpaired) electrons. The quantitative estimate of drug-likeness (QED) is 0.569. The van der Waals surface area contributed by atoms with Crippen LogP contribution in [0.5, 0.6) is 0 Å². The van der Waals surface area contributed by atoms with Crippen molar-refractivity contribution in [1.29, 1.82) is 0 Å². The number of rotatable bonds is 5. The smallest absolute Gasteiger partial charge is 0.186 e. The van der Waals surface area contributed by atoms with Crippen molar-refractivity contribution >= 4 is 17.1 Å². The van der Waals surface area contributed by atoms with Crippen LogP contribution in [0.3, 0.4) is 0 Å². The minimum atomic E-state index is 0.0966. The van der Waals surface area contributed by atoms with Crippen LogP contribution in [0.15, 0.2) is 59.3 Å². The number of hydrogen-bond acceptors (Lipinski definition) is 2. The van der Waals surface area contributed by atoms with Crippen molar-refractivity contribution in [3.05, 3.63) is 70.4 Å². The van der Waals surface area contributed by atoms with Gasteiger partial charge in [0.2, 0.25) is 0 Å². The highest BCUT2D eigenvalue weighted by atomic mass is 32.1. The molecule has 0 spiro atoms. The number of ketones is 1. The lowest BCUT2D eigenvalue weighted by atomic mass is 10.1. The van der Waals surface area contributed by atoms with Gasteiger partial charge in [-0.15, -0.1) is 0 Å². The summed E-state index contributed by atoms with van der Waals surface area (Å²) in [5.41, 5.74) is 2.09. The Labute approximate surface area is 105 Å². The Hall–Kier alpha value is -1.67. The Bertz CT molecular complexity index is 483. The van der Waals surface area contributed by atoms with E-state index in [1.807, 2.05) is 41.1 Å². The van der Waals surface area contributed by atoms with E-state index in [1.165, 1.54) is 5.56 Å². The lowest BCUT2D eigenvalue weighted by Gasteiger charge is -1.96. The van der Waals surface area contributed by atoms with Crippen molar-refractivity contribution in [2.75, 3.05) is 0 Å². The fourth-order valence-electron chi connectivity index (χ4n) is 1.59. The van der Waals surface area contributed by atoms with E-state index in [0.29, 0.717) is 0 Å². The van der Waals surface area contributed by atoms with Crippen LogP contribution in [0.4, 0.5) is 0 Å². The summed E-state index contributed by atoms with van der Waals surface area (Å²) in [7, 11) is 0. The van der Waals surface area contributed by atoms with Crippen molar-refractivity contribution in [3.63, 3.8) is 0 Å². The maximum Gasteiger partial charge on any atom is 0.186 e. The lowest BCUT2D eigenvalue weighted by Crippen LogP contribution is -1.90. The first kappa shape index (κ1) is 11.8. The topological polar surface area (TPSA) is 17.1 Å². The number of carbonyl (C=O) groups is 1. The highest BCUT2D eigenvalue weighted by Crippen LogP contribution is 2.08. The fraction of sp³-hybridized carbons (Fsp3) is 0.133. The zero-order chi connectivity index (χ0) is 11.9. The molecule has 0 fully saturated rings. The number of benzene rings is 1. The van der Waals surface area contributed by atoms with Gasteiger partial charge < -0.3 is 0 Å². The predicted molar refractivity (Wildman–Crippen MR) is 72.6 cm³/mol. The summed E-state index contributed by atoms with van der Waals surface area (Å²) < 4.78 is 0. The molecule has 0 unspecified atom stereocenters. The number of carbonyl (C=O) groups excluding carboxylic acids is 1. The van der Waals surface area contributed by atoms with Gasteiger partial charge in [-0.05, 0) is 35.9 Å². The summed E-state index contributed by atoms with van der Waals surface area (Å²) >= 11 is 1.55. The highest BCUT2D eigenvalue weighted by Gasteiger charge is 2.00. The van der Waals surface area contributed by atoms with Crippen LogP contribution in [-0.2, 0) is 6.42 Å². The molecule has 0 bridgehead atoms. The molecule has 0 amide bonds. The first-order chi connectivity index (χ1) is 8.36. The van der Waals surface area contributed by atoms with Crippen molar-refractivity contribution in [1.82, 2.24) is 0 Å². The van der Waals surface area contributed by atoms with Crippen LogP contribution in [0.1, 0.15) is 22.3 Å². The van der Waals surface area contributed by atoms with Crippen LogP contribution >= 0.6 is 11.3 Å². The molecule has 0 saturated heterocycles. The van der Waals surface area contributed by atoms with Gasteiger partial charge in [0.1, 0.15) is 0 Å². The lowest BCUT2D eigenvalue weighted by molar-refractivity contribution is 0.104. The Morgan fingerprint density at radius 3 is 2.71 bits per heavy atom. The molecule has 17 heavy (non-hydrogen) atoms. The van der Waals surface area contributed by atoms with E-state index in [-0.39, 0.29) is 5.78 Å². The molecule has 2 aromatic rings. The molecule has 2 heteroatoms. The van der Waals surface area contributed by atoms with Crippen LogP contribution in [0, 0.1) is 0 Å². The van der Waals surface area contributed by atoms with Gasteiger partial charge in [0.05, 0.1) is 0 Å². The summed E-state index contributed by atoms with van der Waals surface area (Å²) in [5.74, 6) is 0.0966. The zero-order valence-electron chi connectivity index (χ0n) is 9.50. The monoisotopic (exact) mass is 242 g/mol. The fourth-order valence-corrected chi connectivity index (χ4v) is 2.23. The molecule has 0 saturated carbocycles. The molecule has 86 valence electrons. The second-order valence-electron chi connectivity index (χ2n) is 3.80. The third kappa shape index (κ3) is 3.68. The van der Waals surface area contributed by atoms with Gasteiger partial charge in [-0.2, -0.15) is 11.3 Å². The molecule has 1 aromatic carbocycles. The Morgan fingerprint density at radius 1 is 1.18 bits per heavy atom. The predicted octanol–water partition coefficient (Wildman–Crippen LogP) is 4.12. The van der Waals surface area contributed by atoms with E-state index in [4.69, 9.17) is 0 Å². The minimum Gasteiger partial charge on any atom is -0.289 e. The highest BCUT2D eigenvalue weighted by molar-refractivity contribution is 7.08. The van der Waals surface area contributed by atoms with Crippen molar-refractivity contribution in [2.45, 2.75) is 12.8 Å². The zero-order valence-corrected chi connectivity index (χ0v) is 10.3. The first-order valence-electron chi connectivity index (χ1n) is 5.63. The molecular weight excluding hydrogens is 228 g/mol. The molecular formula is C15H14OS. The molecule has 1 aromatic heterocycles. The van der Waals surface area contributed by atoms with Gasteiger partial charge >= 0.3 is 0 Å². The van der Waals surface area contributed by atoms with Crippen LogP contribution < -0.4 is 0 Å². The second-order valence-corrected chi connectivity index (χ2v) is 4.58. The van der Waals surface area contributed by atoms with Gasteiger partial charge in [-0.1, -0.05) is 36.4 Å². The van der Waals surface area contributed by atoms with E-state index < -0.39 is 0 Å². The van der Waals surface area contributed by atoms with Crippen molar-refractivity contribution < 1.29 is 4.79 Å². The Morgan fingerprint density at radius 2 is 2.00 bits per heavy atom. The molecule has 1 heterocycles. The Kier molecular flexibility index (Phi) is 4.28. The minimum absolute atomic E-state index is 0.0966. The maximum atomic E-state index is 11.6. The molecule has 2 rings (SSSR count). The van der Waals surface area contributed by atoms with Gasteiger partial charge in [0.25, 0.3) is 0 Å². The van der Waals surface area contributed by atoms with Gasteiger partial charge in [0, 0.05) is 10.9 Å². The second kappa shape index (κ2) is 6.16. The van der Waals surface area contributed by atoms with Gasteiger partial charge in [-0.3, -0.25) is 4.79 Å². The van der Waals surface area contributed by atoms with Crippen LogP contribution in [0.25, 0.3) is 0 Å². The molecule has 1 nitrogen and oxygen atoms in total. The molecule has 0 N–H and O–H groups in total. The van der Waals surface area contributed by atoms with E-state index in [9.17, 15) is 4.79 Å². The third-order valence-electron chi connectivity index (χ3n) is 2.52. The Balaban J connectivity index is 1.81. The number of aryl methyl sites for hydroxylation is 1. The average molecular weight is 242 g/mol. The summed E-state index contributed by atoms with van der Waals surface area (Å²) in [6.07, 6.45) is 5.51. The van der Waals surface area contributed by atoms with Crippen molar-refractivity contribution in [3.8, 4) is 0 Å². The average Bonchev–Trinajstić information content (AvgIpc) is 2.89. The number of allylic oxidation sites excluding steroid dienone is 2. The van der Waals surface area contributed by atoms with Crippen molar-refractivity contribution in [2.24, 2.45) is 0 Å². The first-order valence-corrected chi connectivity index (χ1v) is 6.57. The normalized spacial score (nSPS) is 10.8. The third-order valence-corrected chi connectivity index (χ3v) is 3.20. The molecule has 0 aliphatic heterocycles. The largest absolute Gasteiger partial charge is 0.289 e. The summed E-state index contributed by atoms with van der Waals surface area (Å²) in [4.78, 5) is 11.6. The van der Waals surface area contributed by atoms with Crippen LogP contribution in [-0.4, -0.2) is 5.78 Å². The summed E-state index contributed by atoms with van der Waals surface area (Å²) in [5, 5.41) is 3.80. The van der Waals surface area contributed by atoms with E-state index in [2.05, 4.69) is 12.1 Å². The van der Waals surface area contributed by atoms with E-state index in [1.54, 1.807) is 17.4 Å². The van der Waals surface area contributed by atoms with Gasteiger partial charge in [0.15, 0.2) is 5.78 Å². The maximum absolute atomic E-state index is 11.6. The standard InChI is InChI=1S/C15H14OS/c16-15(14-10-11-17-12-14)9-5-4-8-13-6-2-1-3-7-13/h1-3,5-7,9-12H,4,8H2/b9-5+. The summed E-state index contributed by atoms with van der Waals surface area (Å²) in [6, 6.07) is 12.2. The van der Waals surface area contributed by atoms with Crippen LogP contribution in [0.2, 0.25) is 0 Å². The number of hydrogen-bond donors (Lipinski definition) is 0. The van der Waals surface area contributed by atoms with Gasteiger partial charge in [-0.25, -0.2) is 0 Å². The summed E-state index contributed by atoms with van der Waals surface area (Å²) in [6.45, 7) is 0. The SMILES string of the molecule is O=C(/C=C/CCc1ccccc1)c1ccsc1.